The molecule has 116 valence electrons. The number of rotatable bonds is 6. The molecular weight excluding hydrogens is 266 g/mol. The molecule has 1 aromatic carbocycles. The van der Waals surface area contributed by atoms with E-state index in [1.165, 1.54) is 6.42 Å². The molecule has 3 N–H and O–H groups in total. The molecule has 5 nitrogen and oxygen atoms in total. The van der Waals surface area contributed by atoms with E-state index in [-0.39, 0.29) is 11.5 Å². The molecule has 1 saturated carbocycles. The first-order valence-corrected chi connectivity index (χ1v) is 7.47. The van der Waals surface area contributed by atoms with Crippen LogP contribution in [-0.4, -0.2) is 43.7 Å². The van der Waals surface area contributed by atoms with E-state index in [2.05, 4.69) is 24.3 Å². The fraction of sp³-hybridized carbons (Fsp3) is 0.562. The van der Waals surface area contributed by atoms with Crippen molar-refractivity contribution in [3.63, 3.8) is 0 Å². The zero-order valence-electron chi connectivity index (χ0n) is 13.1. The second kappa shape index (κ2) is 6.35. The minimum atomic E-state index is -0.334. The minimum absolute atomic E-state index is 0.161. The molecule has 2 rings (SSSR count). The van der Waals surface area contributed by atoms with E-state index in [1.807, 2.05) is 0 Å². The normalized spacial score (nSPS) is 16.4. The van der Waals surface area contributed by atoms with Crippen molar-refractivity contribution < 1.29 is 9.53 Å². The van der Waals surface area contributed by atoms with E-state index in [1.54, 1.807) is 25.1 Å². The number of esters is 1. The number of anilines is 2. The summed E-state index contributed by atoms with van der Waals surface area (Å²) in [4.78, 5) is 14.3. The second-order valence-corrected chi connectivity index (χ2v) is 5.82. The molecule has 1 fully saturated rings. The molecule has 5 heteroatoms. The number of carbonyl (C=O) groups excluding carboxylic acids is 1. The standard InChI is InChI=1S/C16H25N3O2/c1-4-21-15(20)12-7-5-8-13(17)14(12)18-11-16(19(2)3)9-6-10-16/h5,7-8,18H,4,6,9-11,17H2,1-3H3. The zero-order chi connectivity index (χ0) is 15.5. The van der Waals surface area contributed by atoms with Crippen LogP contribution in [0, 0.1) is 0 Å². The van der Waals surface area contributed by atoms with E-state index in [9.17, 15) is 4.79 Å². The van der Waals surface area contributed by atoms with Gasteiger partial charge >= 0.3 is 5.97 Å². The Bertz CT molecular complexity index is 510. The third kappa shape index (κ3) is 3.13. The first-order valence-electron chi connectivity index (χ1n) is 7.47. The number of likely N-dealkylation sites (N-methyl/N-ethyl adjacent to an activating group) is 1. The van der Waals surface area contributed by atoms with Crippen molar-refractivity contribution in [3.05, 3.63) is 23.8 Å². The van der Waals surface area contributed by atoms with Gasteiger partial charge in [-0.1, -0.05) is 6.07 Å². The topological polar surface area (TPSA) is 67.6 Å². The summed E-state index contributed by atoms with van der Waals surface area (Å²) >= 11 is 0. The molecular formula is C16H25N3O2. The lowest BCUT2D eigenvalue weighted by molar-refractivity contribution is 0.0526. The van der Waals surface area contributed by atoms with Crippen LogP contribution < -0.4 is 11.1 Å². The number of benzene rings is 1. The smallest absolute Gasteiger partial charge is 0.340 e. The van der Waals surface area contributed by atoms with Crippen LogP contribution >= 0.6 is 0 Å². The zero-order valence-corrected chi connectivity index (χ0v) is 13.1. The number of para-hydroxylation sites is 1. The molecule has 1 aliphatic carbocycles. The number of nitrogens with zero attached hydrogens (tertiary/aromatic N) is 1. The highest BCUT2D eigenvalue weighted by molar-refractivity contribution is 5.98. The van der Waals surface area contributed by atoms with Crippen molar-refractivity contribution in [3.8, 4) is 0 Å². The maximum atomic E-state index is 12.0. The summed E-state index contributed by atoms with van der Waals surface area (Å²) in [5.41, 5.74) is 7.96. The maximum Gasteiger partial charge on any atom is 0.340 e. The Labute approximate surface area is 126 Å². The van der Waals surface area contributed by atoms with Gasteiger partial charge in [0.05, 0.1) is 23.5 Å². The van der Waals surface area contributed by atoms with E-state index in [0.29, 0.717) is 23.5 Å². The van der Waals surface area contributed by atoms with Gasteiger partial charge in [-0.25, -0.2) is 4.79 Å². The van der Waals surface area contributed by atoms with Gasteiger partial charge in [0.15, 0.2) is 0 Å². The first kappa shape index (κ1) is 15.6. The Morgan fingerprint density at radius 1 is 1.43 bits per heavy atom. The molecule has 0 aliphatic heterocycles. The van der Waals surface area contributed by atoms with Crippen molar-refractivity contribution in [2.75, 3.05) is 38.3 Å². The summed E-state index contributed by atoms with van der Waals surface area (Å²) in [5.74, 6) is -0.334. The Kier molecular flexibility index (Phi) is 4.73. The number of ether oxygens (including phenoxy) is 1. The van der Waals surface area contributed by atoms with Gasteiger partial charge in [-0.15, -0.1) is 0 Å². The highest BCUT2D eigenvalue weighted by Gasteiger charge is 2.39. The number of hydrogen-bond acceptors (Lipinski definition) is 5. The van der Waals surface area contributed by atoms with E-state index < -0.39 is 0 Å². The summed E-state index contributed by atoms with van der Waals surface area (Å²) in [6, 6.07) is 5.33. The number of carbonyl (C=O) groups is 1. The number of nitrogens with one attached hydrogen (secondary N) is 1. The molecule has 21 heavy (non-hydrogen) atoms. The van der Waals surface area contributed by atoms with E-state index in [0.717, 1.165) is 19.4 Å². The predicted octanol–water partition coefficient (Wildman–Crippen LogP) is 2.34. The Morgan fingerprint density at radius 2 is 2.14 bits per heavy atom. The Hall–Kier alpha value is -1.75. The van der Waals surface area contributed by atoms with Crippen molar-refractivity contribution in [1.29, 1.82) is 0 Å². The van der Waals surface area contributed by atoms with Crippen LogP contribution in [0.5, 0.6) is 0 Å². The van der Waals surface area contributed by atoms with Crippen LogP contribution in [0.15, 0.2) is 18.2 Å². The van der Waals surface area contributed by atoms with Gasteiger partial charge in [0.1, 0.15) is 0 Å². The Morgan fingerprint density at radius 3 is 2.67 bits per heavy atom. The third-order valence-electron chi connectivity index (χ3n) is 4.42. The molecule has 1 aliphatic rings. The minimum Gasteiger partial charge on any atom is -0.462 e. The number of nitrogen functional groups attached to an aromatic ring is 1. The summed E-state index contributed by atoms with van der Waals surface area (Å²) in [7, 11) is 4.20. The molecule has 0 bridgehead atoms. The SMILES string of the molecule is CCOC(=O)c1cccc(N)c1NCC1(N(C)C)CCC1. The van der Waals surface area contributed by atoms with Crippen LogP contribution in [0.1, 0.15) is 36.5 Å². The summed E-state index contributed by atoms with van der Waals surface area (Å²) in [6.07, 6.45) is 3.57. The summed E-state index contributed by atoms with van der Waals surface area (Å²) in [6.45, 7) is 2.93. The molecule has 1 aromatic rings. The van der Waals surface area contributed by atoms with Crippen LogP contribution in [-0.2, 0) is 4.74 Å². The van der Waals surface area contributed by atoms with Crippen LogP contribution in [0.25, 0.3) is 0 Å². The average Bonchev–Trinajstić information content (AvgIpc) is 2.38. The van der Waals surface area contributed by atoms with Crippen molar-refractivity contribution in [2.45, 2.75) is 31.7 Å². The van der Waals surface area contributed by atoms with Crippen LogP contribution in [0.2, 0.25) is 0 Å². The molecule has 0 unspecified atom stereocenters. The van der Waals surface area contributed by atoms with Gasteiger partial charge in [-0.3, -0.25) is 0 Å². The fourth-order valence-electron chi connectivity index (χ4n) is 2.77. The van der Waals surface area contributed by atoms with Gasteiger partial charge in [0.2, 0.25) is 0 Å². The molecule has 0 amide bonds. The third-order valence-corrected chi connectivity index (χ3v) is 4.42. The van der Waals surface area contributed by atoms with Crippen molar-refractivity contribution in [2.24, 2.45) is 0 Å². The molecule has 0 radical (unpaired) electrons. The lowest BCUT2D eigenvalue weighted by Gasteiger charge is -2.47. The molecule has 0 saturated heterocycles. The predicted molar refractivity (Wildman–Crippen MR) is 85.6 cm³/mol. The molecule has 0 spiro atoms. The highest BCUT2D eigenvalue weighted by atomic mass is 16.5. The van der Waals surface area contributed by atoms with Gasteiger partial charge in [-0.2, -0.15) is 0 Å². The second-order valence-electron chi connectivity index (χ2n) is 5.82. The maximum absolute atomic E-state index is 12.0. The first-order chi connectivity index (χ1) is 10.00. The fourth-order valence-corrected chi connectivity index (χ4v) is 2.77. The van der Waals surface area contributed by atoms with E-state index >= 15 is 0 Å². The number of hydrogen-bond donors (Lipinski definition) is 2. The van der Waals surface area contributed by atoms with Gasteiger partial charge in [0, 0.05) is 12.1 Å². The number of nitrogens with two attached hydrogens (primary N) is 1. The summed E-state index contributed by atoms with van der Waals surface area (Å²) in [5, 5.41) is 3.38. The lowest BCUT2D eigenvalue weighted by atomic mass is 9.75. The van der Waals surface area contributed by atoms with Gasteiger partial charge in [-0.05, 0) is 52.4 Å². The largest absolute Gasteiger partial charge is 0.462 e. The monoisotopic (exact) mass is 291 g/mol. The van der Waals surface area contributed by atoms with Gasteiger partial charge < -0.3 is 20.7 Å². The average molecular weight is 291 g/mol. The lowest BCUT2D eigenvalue weighted by Crippen LogP contribution is -2.54. The van der Waals surface area contributed by atoms with E-state index in [4.69, 9.17) is 10.5 Å². The van der Waals surface area contributed by atoms with Crippen molar-refractivity contribution >= 4 is 17.3 Å². The summed E-state index contributed by atoms with van der Waals surface area (Å²) < 4.78 is 5.10. The Balaban J connectivity index is 2.17. The highest BCUT2D eigenvalue weighted by Crippen LogP contribution is 2.37. The van der Waals surface area contributed by atoms with Crippen LogP contribution in [0.3, 0.4) is 0 Å². The van der Waals surface area contributed by atoms with Crippen LogP contribution in [0.4, 0.5) is 11.4 Å². The van der Waals surface area contributed by atoms with Crippen molar-refractivity contribution in [1.82, 2.24) is 4.90 Å². The quantitative estimate of drug-likeness (QED) is 0.622. The molecule has 0 aromatic heterocycles. The van der Waals surface area contributed by atoms with Gasteiger partial charge in [0.25, 0.3) is 0 Å². The molecule has 0 atom stereocenters. The molecule has 0 heterocycles.